The van der Waals surface area contributed by atoms with Gasteiger partial charge in [0, 0.05) is 18.9 Å². The predicted octanol–water partition coefficient (Wildman–Crippen LogP) is 5.50. The highest BCUT2D eigenvalue weighted by atomic mass is 32.1. The summed E-state index contributed by atoms with van der Waals surface area (Å²) in [6.45, 7) is 0.600. The van der Waals surface area contributed by atoms with Gasteiger partial charge in [-0.3, -0.25) is 14.6 Å². The second-order valence-corrected chi connectivity index (χ2v) is 9.05. The van der Waals surface area contributed by atoms with Crippen LogP contribution >= 0.6 is 11.3 Å². The molecule has 0 saturated heterocycles. The fraction of sp³-hybridized carbons (Fsp3) is 0.107. The molecule has 0 aliphatic carbocycles. The Balaban J connectivity index is 1.51. The number of aliphatic hydroxyl groups excluding tert-OH is 1. The second-order valence-electron chi connectivity index (χ2n) is 8.11. The molecular weight excluding hydrogens is 460 g/mol. The van der Waals surface area contributed by atoms with Gasteiger partial charge in [0.2, 0.25) is 5.78 Å². The van der Waals surface area contributed by atoms with E-state index in [4.69, 9.17) is 4.74 Å². The summed E-state index contributed by atoms with van der Waals surface area (Å²) < 4.78 is 5.99. The van der Waals surface area contributed by atoms with Crippen molar-refractivity contribution in [2.75, 3.05) is 0 Å². The second kappa shape index (κ2) is 9.95. The summed E-state index contributed by atoms with van der Waals surface area (Å²) in [5, 5.41) is 12.7. The number of nitrogens with zero attached hydrogens (tertiary/aromatic N) is 2. The molecular formula is C28H22N2O4S. The van der Waals surface area contributed by atoms with Crippen LogP contribution in [-0.2, 0) is 17.9 Å². The smallest absolute Gasteiger partial charge is 0.290 e. The molecule has 6 nitrogen and oxygen atoms in total. The third-order valence-corrected chi connectivity index (χ3v) is 6.69. The molecule has 3 heterocycles. The van der Waals surface area contributed by atoms with E-state index in [0.29, 0.717) is 22.8 Å². The molecule has 1 aliphatic rings. The number of ether oxygens (including phenoxy) is 1. The van der Waals surface area contributed by atoms with Gasteiger partial charge < -0.3 is 14.7 Å². The molecule has 0 radical (unpaired) electrons. The molecule has 1 unspecified atom stereocenters. The van der Waals surface area contributed by atoms with Crippen LogP contribution in [0, 0.1) is 0 Å². The number of amides is 1. The van der Waals surface area contributed by atoms with E-state index < -0.39 is 17.7 Å². The maximum Gasteiger partial charge on any atom is 0.290 e. The van der Waals surface area contributed by atoms with Gasteiger partial charge in [0.05, 0.1) is 16.5 Å². The van der Waals surface area contributed by atoms with E-state index in [0.717, 1.165) is 11.1 Å². The molecule has 1 amide bonds. The highest BCUT2D eigenvalue weighted by molar-refractivity contribution is 7.12. The molecule has 174 valence electrons. The van der Waals surface area contributed by atoms with Crippen molar-refractivity contribution in [2.45, 2.75) is 19.2 Å². The van der Waals surface area contributed by atoms with E-state index >= 15 is 0 Å². The lowest BCUT2D eigenvalue weighted by atomic mass is 9.95. The molecule has 35 heavy (non-hydrogen) atoms. The Morgan fingerprint density at radius 2 is 1.77 bits per heavy atom. The average molecular weight is 483 g/mol. The van der Waals surface area contributed by atoms with Crippen LogP contribution in [0.4, 0.5) is 0 Å². The minimum absolute atomic E-state index is 0.0757. The lowest BCUT2D eigenvalue weighted by Crippen LogP contribution is -2.30. The third-order valence-electron chi connectivity index (χ3n) is 5.82. The van der Waals surface area contributed by atoms with Crippen LogP contribution in [-0.4, -0.2) is 26.7 Å². The quantitative estimate of drug-likeness (QED) is 0.336. The molecule has 2 aromatic heterocycles. The largest absolute Gasteiger partial charge is 0.503 e. The number of aromatic nitrogens is 1. The first kappa shape index (κ1) is 22.6. The molecule has 0 bridgehead atoms. The van der Waals surface area contributed by atoms with Crippen molar-refractivity contribution >= 4 is 23.0 Å². The maximum atomic E-state index is 13.4. The Hall–Kier alpha value is -4.23. The van der Waals surface area contributed by atoms with Gasteiger partial charge >= 0.3 is 0 Å². The number of aliphatic hydroxyl groups is 1. The Morgan fingerprint density at radius 3 is 2.51 bits per heavy atom. The Morgan fingerprint density at radius 1 is 0.971 bits per heavy atom. The summed E-state index contributed by atoms with van der Waals surface area (Å²) in [7, 11) is 0. The number of carbonyl (C=O) groups excluding carboxylic acids is 2. The standard InChI is InChI=1S/C28H22N2O4S/c31-26(23-10-5-15-35-23)24-25(30(28(33)27(24)32)17-19-11-13-29-14-12-19)21-8-4-9-22(16-21)34-18-20-6-2-1-3-7-20/h1-16,25,32H,17-18H2. The van der Waals surface area contributed by atoms with Crippen molar-refractivity contribution in [3.63, 3.8) is 0 Å². The molecule has 4 aromatic rings. The SMILES string of the molecule is O=C(C1=C(O)C(=O)N(Cc2ccncc2)C1c1cccc(OCc2ccccc2)c1)c1cccs1. The van der Waals surface area contributed by atoms with Crippen LogP contribution < -0.4 is 4.74 Å². The van der Waals surface area contributed by atoms with Crippen LogP contribution in [0.1, 0.15) is 32.4 Å². The van der Waals surface area contributed by atoms with E-state index in [1.165, 1.54) is 16.2 Å². The molecule has 1 aliphatic heterocycles. The molecule has 1 atom stereocenters. The normalized spacial score (nSPS) is 15.5. The van der Waals surface area contributed by atoms with Gasteiger partial charge in [0.1, 0.15) is 12.4 Å². The van der Waals surface area contributed by atoms with E-state index in [1.54, 1.807) is 42.0 Å². The number of hydrogen-bond donors (Lipinski definition) is 1. The van der Waals surface area contributed by atoms with Crippen molar-refractivity contribution in [1.82, 2.24) is 9.88 Å². The molecule has 0 saturated carbocycles. The fourth-order valence-corrected chi connectivity index (χ4v) is 4.81. The van der Waals surface area contributed by atoms with Gasteiger partial charge in [0.25, 0.3) is 5.91 Å². The summed E-state index contributed by atoms with van der Waals surface area (Å²) in [6.07, 6.45) is 3.29. The first-order valence-corrected chi connectivity index (χ1v) is 12.0. The van der Waals surface area contributed by atoms with Gasteiger partial charge in [-0.05, 0) is 52.4 Å². The van der Waals surface area contributed by atoms with Crippen LogP contribution in [0.5, 0.6) is 5.75 Å². The van der Waals surface area contributed by atoms with E-state index in [2.05, 4.69) is 4.98 Å². The predicted molar refractivity (Wildman–Crippen MR) is 133 cm³/mol. The summed E-state index contributed by atoms with van der Waals surface area (Å²) in [5.74, 6) is -0.846. The van der Waals surface area contributed by atoms with E-state index in [1.807, 2.05) is 54.6 Å². The molecule has 0 fully saturated rings. The number of hydrogen-bond acceptors (Lipinski definition) is 6. The number of benzene rings is 2. The first-order chi connectivity index (χ1) is 17.1. The lowest BCUT2D eigenvalue weighted by Gasteiger charge is -2.27. The van der Waals surface area contributed by atoms with Crippen molar-refractivity contribution in [3.8, 4) is 5.75 Å². The summed E-state index contributed by atoms with van der Waals surface area (Å²) in [6, 6.07) is 23.5. The average Bonchev–Trinajstić information content (AvgIpc) is 3.52. The monoisotopic (exact) mass is 482 g/mol. The maximum absolute atomic E-state index is 13.4. The third kappa shape index (κ3) is 4.72. The molecule has 7 heteroatoms. The Bertz CT molecular complexity index is 1370. The van der Waals surface area contributed by atoms with Crippen LogP contribution in [0.3, 0.4) is 0 Å². The summed E-state index contributed by atoms with van der Waals surface area (Å²) in [5.41, 5.74) is 2.63. The molecule has 2 aromatic carbocycles. The van der Waals surface area contributed by atoms with Crippen LogP contribution in [0.2, 0.25) is 0 Å². The van der Waals surface area contributed by atoms with Gasteiger partial charge in [-0.25, -0.2) is 0 Å². The number of rotatable bonds is 8. The summed E-state index contributed by atoms with van der Waals surface area (Å²) >= 11 is 1.27. The van der Waals surface area contributed by atoms with Gasteiger partial charge in [-0.15, -0.1) is 11.3 Å². The lowest BCUT2D eigenvalue weighted by molar-refractivity contribution is -0.130. The van der Waals surface area contributed by atoms with Gasteiger partial charge in [-0.2, -0.15) is 0 Å². The topological polar surface area (TPSA) is 79.7 Å². The minimum atomic E-state index is -0.759. The highest BCUT2D eigenvalue weighted by Crippen LogP contribution is 2.41. The number of ketones is 1. The molecule has 5 rings (SSSR count). The van der Waals surface area contributed by atoms with Gasteiger partial charge in [-0.1, -0.05) is 48.5 Å². The highest BCUT2D eigenvalue weighted by Gasteiger charge is 2.44. The summed E-state index contributed by atoms with van der Waals surface area (Å²) in [4.78, 5) is 32.6. The minimum Gasteiger partial charge on any atom is -0.503 e. The number of Topliss-reactive ketones (excluding diaryl/α,β-unsaturated/α-hetero) is 1. The zero-order valence-corrected chi connectivity index (χ0v) is 19.5. The van der Waals surface area contributed by atoms with Crippen molar-refractivity contribution < 1.29 is 19.4 Å². The number of pyridine rings is 1. The van der Waals surface area contributed by atoms with Gasteiger partial charge in [0.15, 0.2) is 5.76 Å². The van der Waals surface area contributed by atoms with E-state index in [-0.39, 0.29) is 17.9 Å². The Labute approximate surface area is 206 Å². The first-order valence-electron chi connectivity index (χ1n) is 11.1. The zero-order chi connectivity index (χ0) is 24.2. The van der Waals surface area contributed by atoms with Crippen molar-refractivity contribution in [2.24, 2.45) is 0 Å². The van der Waals surface area contributed by atoms with E-state index in [9.17, 15) is 14.7 Å². The fourth-order valence-electron chi connectivity index (χ4n) is 4.14. The molecule has 1 N–H and O–H groups in total. The van der Waals surface area contributed by atoms with Crippen molar-refractivity contribution in [1.29, 1.82) is 0 Å². The van der Waals surface area contributed by atoms with Crippen molar-refractivity contribution in [3.05, 3.63) is 130 Å². The Kier molecular flexibility index (Phi) is 6.41. The van der Waals surface area contributed by atoms with Crippen LogP contribution in [0.25, 0.3) is 0 Å². The molecule has 0 spiro atoms. The number of thiophene rings is 1. The zero-order valence-electron chi connectivity index (χ0n) is 18.7. The number of carbonyl (C=O) groups is 2. The van der Waals surface area contributed by atoms with Crippen LogP contribution in [0.15, 0.2) is 108 Å².